The molecule has 0 unspecified atom stereocenters. The van der Waals surface area contributed by atoms with Crippen LogP contribution >= 0.6 is 0 Å². The molecule has 4 aromatic carbocycles. The first-order valence-corrected chi connectivity index (χ1v) is 22.1. The van der Waals surface area contributed by atoms with Crippen LogP contribution in [0.1, 0.15) is 49.9 Å². The van der Waals surface area contributed by atoms with E-state index in [1.807, 2.05) is 76.2 Å². The summed E-state index contributed by atoms with van der Waals surface area (Å²) in [5.41, 5.74) is 86.1. The van der Waals surface area contributed by atoms with Crippen molar-refractivity contribution >= 4 is 0 Å². The smallest absolute Gasteiger partial charge is 0.494 e. The number of hydrogen-bond donors (Lipinski definition) is 6. The van der Waals surface area contributed by atoms with Gasteiger partial charge in [-0.15, -0.1) is 0 Å². The van der Waals surface area contributed by atoms with Crippen molar-refractivity contribution in [1.82, 2.24) is 31.9 Å². The molecule has 28 nitrogen and oxygen atoms in total. The number of hydrogen-bond acceptors (Lipinski definition) is 10. The third-order valence-electron chi connectivity index (χ3n) is 8.17. The fraction of sp³-hybridized carbons (Fsp3) is 0.455. The summed E-state index contributed by atoms with van der Waals surface area (Å²) in [5, 5.41) is 20.7. The van der Waals surface area contributed by atoms with E-state index in [0.717, 1.165) is 102 Å². The van der Waals surface area contributed by atoms with E-state index < -0.39 is 0 Å². The number of rotatable bonds is 28. The molecule has 0 aliphatic heterocycles. The molecule has 0 atom stereocenters. The van der Waals surface area contributed by atoms with Crippen LogP contribution in [-0.4, -0.2) is 78.8 Å². The van der Waals surface area contributed by atoms with Gasteiger partial charge in [-0.05, 0) is 98.5 Å². The molecule has 0 amide bonds. The molecule has 0 aliphatic rings. The summed E-state index contributed by atoms with van der Waals surface area (Å²) in [6.07, 6.45) is 0. The van der Waals surface area contributed by atoms with Crippen LogP contribution < -0.4 is 50.8 Å². The van der Waals surface area contributed by atoms with Crippen molar-refractivity contribution in [2.75, 3.05) is 78.8 Å². The Labute approximate surface area is 453 Å². The molecule has 0 aliphatic carbocycles. The molecule has 0 bridgehead atoms. The van der Waals surface area contributed by atoms with Gasteiger partial charge in [0.2, 0.25) is 0 Å². The second-order valence-electron chi connectivity index (χ2n) is 13.1. The summed E-state index contributed by atoms with van der Waals surface area (Å²) in [6.45, 7) is 22.0. The van der Waals surface area contributed by atoms with Crippen molar-refractivity contribution in [3.05, 3.63) is 215 Å². The van der Waals surface area contributed by atoms with Crippen molar-refractivity contribution in [1.29, 1.82) is 0 Å². The van der Waals surface area contributed by atoms with Gasteiger partial charge in [-0.25, -0.2) is 0 Å². The van der Waals surface area contributed by atoms with Gasteiger partial charge in [-0.1, -0.05) is 48.5 Å². The van der Waals surface area contributed by atoms with Crippen molar-refractivity contribution in [2.45, 2.75) is 53.9 Å². The molecule has 4 aromatic rings. The van der Waals surface area contributed by atoms with Crippen LogP contribution in [0.25, 0.3) is 95.8 Å². The fourth-order valence-corrected chi connectivity index (χ4v) is 5.37. The quantitative estimate of drug-likeness (QED) is 0.0135. The van der Waals surface area contributed by atoms with Gasteiger partial charge in [0.1, 0.15) is 23.0 Å². The Morgan fingerprint density at radius 3 is 0.541 bits per heavy atom. The molecular weight excluding hydrogens is 1050 g/mol. The van der Waals surface area contributed by atoms with Crippen LogP contribution in [0.5, 0.6) is 23.0 Å². The van der Waals surface area contributed by atoms with E-state index in [9.17, 15) is 0 Å². The van der Waals surface area contributed by atoms with Crippen molar-refractivity contribution in [2.24, 2.45) is 0 Å². The van der Waals surface area contributed by atoms with E-state index in [2.05, 4.69) is 80.4 Å². The standard InChI is InChI=1S/2C22H33N3O2.2Co.6N3/c2*1-3-26-21-9-5-19(6-10-21)17-24-15-13-23-14-16-25-18-20-7-11-22(12-8-20)27-4-2;;;6*1-3-2/h2*5-12,23-25H,3-4,13-18H2,1-2H3;;;;;;;;/q;;2*+3;6*-1. The third-order valence-corrected chi connectivity index (χ3v) is 8.17. The molecule has 74 heavy (non-hydrogen) atoms. The van der Waals surface area contributed by atoms with Crippen LogP contribution in [0.2, 0.25) is 0 Å². The van der Waals surface area contributed by atoms with Gasteiger partial charge in [-0.3, -0.25) is 29.5 Å². The SMILES string of the molecule is CCOc1ccc(CNCCNCCNCc2ccc(OCC)cc2)cc1.CCOc1ccc(CNCCNCCNCc2ccc(OCC)cc2)cc1.[Co+3].[Co+3].[N-]=[N+]=[N-].[N-]=[N+]=[N-].[N-]=[N+]=[N-].[N-]=[N+]=[N-].[N-]=[N+]=[N-].[N-]=[N+]=[N-]. The van der Waals surface area contributed by atoms with Crippen LogP contribution in [0.3, 0.4) is 0 Å². The summed E-state index contributed by atoms with van der Waals surface area (Å²) in [6, 6.07) is 33.0. The number of nitrogens with zero attached hydrogens (tertiary/aromatic N) is 18. The van der Waals surface area contributed by atoms with Crippen molar-refractivity contribution < 1.29 is 52.5 Å². The maximum atomic E-state index is 6.75. The van der Waals surface area contributed by atoms with Crippen LogP contribution in [0.4, 0.5) is 0 Å². The minimum atomic E-state index is 0. The zero-order chi connectivity index (χ0) is 54.6. The van der Waals surface area contributed by atoms with E-state index in [4.69, 9.17) is 85.3 Å². The molecule has 6 N–H and O–H groups in total. The van der Waals surface area contributed by atoms with Gasteiger partial charge >= 0.3 is 33.6 Å². The van der Waals surface area contributed by atoms with Gasteiger partial charge in [0.25, 0.3) is 0 Å². The summed E-state index contributed by atoms with van der Waals surface area (Å²) in [7, 11) is 0. The average molecular weight is 1110 g/mol. The number of nitrogens with one attached hydrogen (secondary N) is 6. The van der Waals surface area contributed by atoms with Gasteiger partial charge in [-0.2, -0.15) is 0 Å². The average Bonchev–Trinajstić information content (AvgIpc) is 3.37. The predicted octanol–water partition coefficient (Wildman–Crippen LogP) is 11.1. The Hall–Kier alpha value is -7.29. The normalized spacial score (nSPS) is 8.49. The third kappa shape index (κ3) is 55.6. The first-order valence-electron chi connectivity index (χ1n) is 22.1. The Balaban J connectivity index is -0.000000231. The number of benzene rings is 4. The molecule has 0 spiro atoms. The molecule has 0 aromatic heterocycles. The van der Waals surface area contributed by atoms with Crippen LogP contribution in [0.15, 0.2) is 97.1 Å². The van der Waals surface area contributed by atoms with E-state index >= 15 is 0 Å². The molecule has 404 valence electrons. The summed E-state index contributed by atoms with van der Waals surface area (Å²) >= 11 is 0. The Kier molecular flexibility index (Phi) is 69.4. The van der Waals surface area contributed by atoms with E-state index in [1.165, 1.54) is 51.7 Å². The largest absolute Gasteiger partial charge is 3.00 e. The Morgan fingerprint density at radius 1 is 0.270 bits per heavy atom. The second-order valence-corrected chi connectivity index (χ2v) is 13.1. The summed E-state index contributed by atoms with van der Waals surface area (Å²) in [4.78, 5) is 9.00. The minimum Gasteiger partial charge on any atom is -0.494 e. The van der Waals surface area contributed by atoms with Gasteiger partial charge in [0, 0.05) is 78.5 Å². The summed E-state index contributed by atoms with van der Waals surface area (Å²) in [5.74, 6) is 3.72. The molecule has 0 fully saturated rings. The number of ether oxygens (including phenoxy) is 4. The first kappa shape index (κ1) is 78.2. The molecule has 0 saturated carbocycles. The van der Waals surface area contributed by atoms with Gasteiger partial charge in [0.05, 0.1) is 26.4 Å². The second kappa shape index (κ2) is 65.7. The molecular formula is C44H66Co2N24O4. The first-order chi connectivity index (χ1) is 35.1. The maximum Gasteiger partial charge on any atom is 3.00 e. The maximum absolute atomic E-state index is 6.75. The monoisotopic (exact) mass is 1110 g/mol. The molecule has 30 heteroatoms. The fourth-order valence-electron chi connectivity index (χ4n) is 5.37. The molecule has 0 heterocycles. The Morgan fingerprint density at radius 2 is 0.405 bits per heavy atom. The van der Waals surface area contributed by atoms with Crippen LogP contribution in [0, 0.1) is 0 Å². The zero-order valence-corrected chi connectivity index (χ0v) is 44.0. The van der Waals surface area contributed by atoms with Gasteiger partial charge < -0.3 is 117 Å². The topological polar surface area (TPSA) is 461 Å². The van der Waals surface area contributed by atoms with E-state index in [1.54, 1.807) is 0 Å². The zero-order valence-electron chi connectivity index (χ0n) is 41.9. The van der Waals surface area contributed by atoms with E-state index in [0.29, 0.717) is 26.4 Å². The molecule has 4 rings (SSSR count). The Bertz CT molecular complexity index is 1740. The van der Waals surface area contributed by atoms with Crippen molar-refractivity contribution in [3.8, 4) is 23.0 Å². The molecule has 0 radical (unpaired) electrons. The minimum absolute atomic E-state index is 0. The van der Waals surface area contributed by atoms with Crippen LogP contribution in [-0.2, 0) is 59.7 Å². The predicted molar refractivity (Wildman–Crippen MR) is 283 cm³/mol. The van der Waals surface area contributed by atoms with E-state index in [-0.39, 0.29) is 33.6 Å². The molecule has 0 saturated heterocycles. The van der Waals surface area contributed by atoms with Crippen molar-refractivity contribution in [3.63, 3.8) is 0 Å². The van der Waals surface area contributed by atoms with Gasteiger partial charge in [0.15, 0.2) is 0 Å². The summed E-state index contributed by atoms with van der Waals surface area (Å²) < 4.78 is 21.8.